The fourth-order valence-corrected chi connectivity index (χ4v) is 10.5. The highest BCUT2D eigenvalue weighted by Crippen LogP contribution is 2.20. The van der Waals surface area contributed by atoms with E-state index < -0.39 is 182 Å². The number of para-hydroxylation sites is 1. The molecule has 0 unspecified atom stereocenters. The number of carbonyl (C=O) groups is 15. The van der Waals surface area contributed by atoms with Crippen LogP contribution in [0.15, 0.2) is 43.0 Å². The molecule has 0 spiro atoms. The Bertz CT molecular complexity index is 3200. The number of hydrogen-bond acceptors (Lipinski definition) is 20. The lowest BCUT2D eigenvalue weighted by atomic mass is 10.0. The van der Waals surface area contributed by atoms with Gasteiger partial charge >= 0.3 is 0 Å². The van der Waals surface area contributed by atoms with Gasteiger partial charge < -0.3 is 101 Å². The number of aromatic amines is 2. The van der Waals surface area contributed by atoms with Crippen molar-refractivity contribution in [3.8, 4) is 0 Å². The van der Waals surface area contributed by atoms with Crippen LogP contribution in [-0.4, -0.2) is 238 Å². The van der Waals surface area contributed by atoms with E-state index in [-0.39, 0.29) is 55.7 Å². The molecule has 97 heavy (non-hydrogen) atoms. The van der Waals surface area contributed by atoms with Crippen LogP contribution in [0.2, 0.25) is 0 Å². The lowest BCUT2D eigenvalue weighted by Gasteiger charge is -2.26. The molecule has 37 heteroatoms. The molecule has 0 aliphatic heterocycles. The van der Waals surface area contributed by atoms with Crippen LogP contribution in [0.5, 0.6) is 0 Å². The predicted molar refractivity (Wildman–Crippen MR) is 358 cm³/mol. The first kappa shape index (κ1) is 81.9. The second kappa shape index (κ2) is 42.2. The number of primary amides is 2. The molecule has 3 aromatic rings. The standard InChI is InChI=1S/C60H93N19O16S2/c1-31(2)18-41(57(92)74-39(52(62)87)16-17-96-9)75-58(93)43(20-36-22-63-29-68-36)72-49(85)25-67-60(95)51(32(3)4)78-53(88)33(5)70-56(91)42(19-35-21-64-38-13-11-10-12-37(35)38)76-55(90)40(14-15-46(61)82)71-48(84)24-65-47(83)23-66-54(89)45(28-97-30-69-34(6)81)77-59(94)44(27-80)73-50(86)26-79(7)8/h10-13,21-22,29,31-33,39-45,51,64,80H,14-20,23-28,30H2,1-9H3,(H2,61,82)(H2,62,87)(H,63,68)(H,65,83)(H,66,89)(H,67,95)(H,69,81)(H,70,91)(H,71,84)(H,72,85)(H,73,86)(H,74,92)(H,75,93)(H,76,90)(H,77,94)(H,78,88)/t33-,39-,40-,41-,42-,43-,44-,45-,51-/m0/s1. The molecule has 3 rings (SSSR count). The van der Waals surface area contributed by atoms with Gasteiger partial charge in [-0.05, 0) is 75.8 Å². The third-order valence-electron chi connectivity index (χ3n) is 14.2. The van der Waals surface area contributed by atoms with E-state index in [9.17, 15) is 77.0 Å². The van der Waals surface area contributed by atoms with Crippen LogP contribution >= 0.6 is 23.5 Å². The smallest absolute Gasteiger partial charge is 0.245 e. The quantitative estimate of drug-likeness (QED) is 0.0185. The minimum atomic E-state index is -1.57. The van der Waals surface area contributed by atoms with Gasteiger partial charge in [-0.1, -0.05) is 45.9 Å². The molecule has 2 heterocycles. The number of aliphatic hydroxyl groups is 1. The lowest BCUT2D eigenvalue weighted by Crippen LogP contribution is -2.59. The molecule has 536 valence electrons. The summed E-state index contributed by atoms with van der Waals surface area (Å²) in [5, 5.41) is 42.8. The molecule has 2 aromatic heterocycles. The number of rotatable bonds is 44. The number of nitrogens with zero attached hydrogens (tertiary/aromatic N) is 2. The summed E-state index contributed by atoms with van der Waals surface area (Å²) in [7, 11) is 3.21. The Kier molecular flexibility index (Phi) is 35.7. The van der Waals surface area contributed by atoms with Crippen molar-refractivity contribution in [2.24, 2.45) is 23.3 Å². The van der Waals surface area contributed by atoms with Crippen LogP contribution in [0.4, 0.5) is 0 Å². The Morgan fingerprint density at radius 3 is 1.76 bits per heavy atom. The Hall–Kier alpha value is -9.36. The highest BCUT2D eigenvalue weighted by molar-refractivity contribution is 7.99. The number of aliphatic hydroxyl groups excluding tert-OH is 1. The van der Waals surface area contributed by atoms with Gasteiger partial charge in [-0.3, -0.25) is 71.9 Å². The highest BCUT2D eigenvalue weighted by atomic mass is 32.2. The number of H-pyrrole nitrogens is 2. The maximum absolute atomic E-state index is 14.3. The van der Waals surface area contributed by atoms with Crippen molar-refractivity contribution in [2.75, 3.05) is 70.5 Å². The van der Waals surface area contributed by atoms with Crippen LogP contribution in [0, 0.1) is 11.8 Å². The van der Waals surface area contributed by atoms with Crippen LogP contribution < -0.4 is 80.6 Å². The summed E-state index contributed by atoms with van der Waals surface area (Å²) < 4.78 is 0. The summed E-state index contributed by atoms with van der Waals surface area (Å²) in [5.74, 6) is -12.6. The minimum absolute atomic E-state index is 0.0252. The molecular weight excluding hydrogens is 1310 g/mol. The van der Waals surface area contributed by atoms with Crippen molar-refractivity contribution in [1.29, 1.82) is 0 Å². The van der Waals surface area contributed by atoms with E-state index in [0.29, 0.717) is 27.9 Å². The first-order chi connectivity index (χ1) is 45.8. The van der Waals surface area contributed by atoms with Gasteiger partial charge in [-0.15, -0.1) is 11.8 Å². The fraction of sp³-hybridized carbons (Fsp3) is 0.567. The molecule has 20 N–H and O–H groups in total. The third-order valence-corrected chi connectivity index (χ3v) is 15.8. The van der Waals surface area contributed by atoms with Crippen molar-refractivity contribution in [3.05, 3.63) is 54.2 Å². The average Bonchev–Trinajstić information content (AvgIpc) is 1.73. The summed E-state index contributed by atoms with van der Waals surface area (Å²) in [6.45, 7) is 6.22. The maximum Gasteiger partial charge on any atom is 0.245 e. The SMILES string of the molecule is CSCC[C@H](NC(=O)[C@H](CC(C)C)NC(=O)[C@H](Cc1cnc[nH]1)NC(=O)CNC(=O)[C@@H](NC(=O)[C@H](C)NC(=O)[C@H](Cc1c[nH]c2ccccc12)NC(=O)[C@H](CCC(N)=O)NC(=O)CNC(=O)CNC(=O)[C@H](CSCNC(C)=O)NC(=O)[C@H](CO)NC(=O)CN(C)C)C(C)C)C(N)=O. The van der Waals surface area contributed by atoms with E-state index in [0.717, 1.165) is 11.8 Å². The molecule has 0 aliphatic rings. The van der Waals surface area contributed by atoms with E-state index in [1.165, 1.54) is 43.0 Å². The zero-order valence-corrected chi connectivity index (χ0v) is 57.4. The number of benzene rings is 1. The van der Waals surface area contributed by atoms with Crippen molar-refractivity contribution < 1.29 is 77.0 Å². The van der Waals surface area contributed by atoms with Gasteiger partial charge in [0.05, 0.1) is 45.0 Å². The average molecular weight is 1400 g/mol. The molecule has 0 saturated carbocycles. The van der Waals surface area contributed by atoms with Crippen molar-refractivity contribution in [2.45, 2.75) is 134 Å². The first-order valence-electron chi connectivity index (χ1n) is 31.0. The number of imidazole rings is 1. The number of thioether (sulfide) groups is 2. The molecule has 15 amide bonds. The molecule has 1 aromatic carbocycles. The normalized spacial score (nSPS) is 13.9. The summed E-state index contributed by atoms with van der Waals surface area (Å²) in [5.41, 5.74) is 12.6. The number of hydrogen-bond donors (Lipinski definition) is 18. The lowest BCUT2D eigenvalue weighted by molar-refractivity contribution is -0.135. The molecule has 9 atom stereocenters. The fourth-order valence-electron chi connectivity index (χ4n) is 9.15. The van der Waals surface area contributed by atoms with Gasteiger partial charge in [0.15, 0.2) is 0 Å². The number of aromatic nitrogens is 3. The third kappa shape index (κ3) is 30.5. The van der Waals surface area contributed by atoms with Gasteiger partial charge in [0.2, 0.25) is 88.6 Å². The molecule has 0 radical (unpaired) electrons. The predicted octanol–water partition coefficient (Wildman–Crippen LogP) is -6.01. The first-order valence-corrected chi connectivity index (χ1v) is 33.6. The van der Waals surface area contributed by atoms with Gasteiger partial charge in [-0.25, -0.2) is 4.98 Å². The number of likely N-dealkylation sites (N-methyl/N-ethyl adjacent to an activating group) is 1. The zero-order valence-electron chi connectivity index (χ0n) is 55.7. The van der Waals surface area contributed by atoms with Crippen LogP contribution in [0.3, 0.4) is 0 Å². The van der Waals surface area contributed by atoms with Crippen molar-refractivity contribution in [3.63, 3.8) is 0 Å². The largest absolute Gasteiger partial charge is 0.394 e. The van der Waals surface area contributed by atoms with Gasteiger partial charge in [-0.2, -0.15) is 11.8 Å². The van der Waals surface area contributed by atoms with E-state index in [4.69, 9.17) is 11.5 Å². The summed E-state index contributed by atoms with van der Waals surface area (Å²) in [6, 6.07) is -5.08. The molecule has 0 saturated heterocycles. The molecule has 0 aliphatic carbocycles. The Labute approximate surface area is 569 Å². The Morgan fingerprint density at radius 1 is 0.588 bits per heavy atom. The summed E-state index contributed by atoms with van der Waals surface area (Å²) in [6.07, 6.45) is 5.42. The van der Waals surface area contributed by atoms with Crippen LogP contribution in [0.1, 0.15) is 78.5 Å². The second-order valence-electron chi connectivity index (χ2n) is 23.6. The number of amides is 15. The highest BCUT2D eigenvalue weighted by Gasteiger charge is 2.35. The van der Waals surface area contributed by atoms with E-state index in [2.05, 4.69) is 84.1 Å². The van der Waals surface area contributed by atoms with Crippen LogP contribution in [-0.2, 0) is 84.8 Å². The topological polar surface area (TPSA) is 532 Å². The summed E-state index contributed by atoms with van der Waals surface area (Å²) >= 11 is 2.47. The monoisotopic (exact) mass is 1400 g/mol. The minimum Gasteiger partial charge on any atom is -0.394 e. The molecule has 0 bridgehead atoms. The van der Waals surface area contributed by atoms with Gasteiger partial charge in [0.1, 0.15) is 54.4 Å². The van der Waals surface area contributed by atoms with Gasteiger partial charge in [0.25, 0.3) is 0 Å². The number of nitrogens with one attached hydrogen (secondary N) is 15. The second-order valence-corrected chi connectivity index (χ2v) is 25.6. The summed E-state index contributed by atoms with van der Waals surface area (Å²) in [4.78, 5) is 209. The molecule has 35 nitrogen and oxygen atoms in total. The van der Waals surface area contributed by atoms with Crippen molar-refractivity contribution in [1.82, 2.24) is 89.0 Å². The number of carbonyl (C=O) groups excluding carboxylic acids is 15. The Balaban J connectivity index is 1.74. The van der Waals surface area contributed by atoms with E-state index in [1.807, 2.05) is 20.1 Å². The van der Waals surface area contributed by atoms with Gasteiger partial charge in [0, 0.05) is 60.9 Å². The van der Waals surface area contributed by atoms with Crippen LogP contribution in [0.25, 0.3) is 10.9 Å². The molecule has 0 fully saturated rings. The zero-order chi connectivity index (χ0) is 72.5. The van der Waals surface area contributed by atoms with Crippen molar-refractivity contribution >= 4 is 123 Å². The molecular formula is C60H93N19O16S2. The maximum atomic E-state index is 14.3. The number of nitrogens with two attached hydrogens (primary N) is 2. The Morgan fingerprint density at radius 2 is 1.15 bits per heavy atom. The number of fused-ring (bicyclic) bond motifs is 1. The van der Waals surface area contributed by atoms with E-state index >= 15 is 0 Å². The van der Waals surface area contributed by atoms with E-state index in [1.54, 1.807) is 58.4 Å².